The molecule has 112 valence electrons. The third-order valence-corrected chi connectivity index (χ3v) is 3.51. The third kappa shape index (κ3) is 3.84. The van der Waals surface area contributed by atoms with E-state index in [0.717, 1.165) is 24.4 Å². The van der Waals surface area contributed by atoms with E-state index in [1.807, 2.05) is 32.0 Å². The van der Waals surface area contributed by atoms with E-state index < -0.39 is 0 Å². The van der Waals surface area contributed by atoms with E-state index >= 15 is 0 Å². The maximum Gasteiger partial charge on any atom is 0.255 e. The summed E-state index contributed by atoms with van der Waals surface area (Å²) in [5, 5.41) is 9.82. The molecule has 0 atom stereocenters. The lowest BCUT2D eigenvalue weighted by Gasteiger charge is -2.19. The van der Waals surface area contributed by atoms with Crippen molar-refractivity contribution in [2.45, 2.75) is 20.3 Å². The average molecular weight is 286 g/mol. The number of para-hydroxylation sites is 1. The molecule has 0 aliphatic carbocycles. The Morgan fingerprint density at radius 3 is 2.62 bits per heavy atom. The molecule has 0 radical (unpaired) electrons. The van der Waals surface area contributed by atoms with Crippen molar-refractivity contribution in [1.29, 1.82) is 0 Å². The van der Waals surface area contributed by atoms with Gasteiger partial charge in [0.1, 0.15) is 0 Å². The Hall–Kier alpha value is -2.30. The zero-order valence-corrected chi connectivity index (χ0v) is 12.8. The van der Waals surface area contributed by atoms with Gasteiger partial charge >= 0.3 is 0 Å². The van der Waals surface area contributed by atoms with Crippen molar-refractivity contribution in [2.24, 2.45) is 0 Å². The number of H-pyrrole nitrogens is 1. The van der Waals surface area contributed by atoms with Crippen LogP contribution in [0.25, 0.3) is 0 Å². The van der Waals surface area contributed by atoms with Crippen LogP contribution >= 0.6 is 0 Å². The first-order chi connectivity index (χ1) is 10.1. The fourth-order valence-electron chi connectivity index (χ4n) is 2.30. The third-order valence-electron chi connectivity index (χ3n) is 3.51. The molecule has 0 saturated carbocycles. The molecule has 2 rings (SSSR count). The van der Waals surface area contributed by atoms with Crippen LogP contribution in [0.15, 0.2) is 30.3 Å². The molecule has 0 saturated heterocycles. The van der Waals surface area contributed by atoms with Gasteiger partial charge in [-0.25, -0.2) is 0 Å². The van der Waals surface area contributed by atoms with Crippen molar-refractivity contribution < 1.29 is 4.79 Å². The number of carbonyl (C=O) groups excluding carboxylic acids is 1. The summed E-state index contributed by atoms with van der Waals surface area (Å²) in [5.74, 6) is -0.0545. The summed E-state index contributed by atoms with van der Waals surface area (Å²) in [6.45, 7) is 5.24. The molecule has 1 aromatic heterocycles. The van der Waals surface area contributed by atoms with Crippen molar-refractivity contribution in [3.8, 4) is 0 Å². The predicted molar refractivity (Wildman–Crippen MR) is 84.7 cm³/mol. The Morgan fingerprint density at radius 1 is 1.29 bits per heavy atom. The van der Waals surface area contributed by atoms with Crippen molar-refractivity contribution >= 4 is 11.6 Å². The molecule has 0 aliphatic rings. The average Bonchev–Trinajstić information content (AvgIpc) is 2.83. The maximum atomic E-state index is 12.1. The van der Waals surface area contributed by atoms with E-state index in [1.165, 1.54) is 5.69 Å². The highest BCUT2D eigenvalue weighted by Gasteiger charge is 2.14. The number of nitrogens with zero attached hydrogens (tertiary/aromatic N) is 2. The number of carbonyl (C=O) groups is 1. The van der Waals surface area contributed by atoms with Gasteiger partial charge in [-0.3, -0.25) is 9.89 Å². The quantitative estimate of drug-likeness (QED) is 0.801. The molecule has 5 heteroatoms. The van der Waals surface area contributed by atoms with Gasteiger partial charge in [-0.2, -0.15) is 5.10 Å². The van der Waals surface area contributed by atoms with E-state index in [1.54, 1.807) is 0 Å². The molecule has 2 aromatic rings. The van der Waals surface area contributed by atoms with Gasteiger partial charge < -0.3 is 10.2 Å². The fourth-order valence-corrected chi connectivity index (χ4v) is 2.30. The van der Waals surface area contributed by atoms with E-state index in [-0.39, 0.29) is 5.91 Å². The Bertz CT molecular complexity index is 572. The van der Waals surface area contributed by atoms with Crippen molar-refractivity contribution in [3.63, 3.8) is 0 Å². The van der Waals surface area contributed by atoms with Gasteiger partial charge in [-0.1, -0.05) is 18.2 Å². The molecule has 5 nitrogen and oxygen atoms in total. The number of hydrogen-bond donors (Lipinski definition) is 2. The first kappa shape index (κ1) is 15.1. The normalized spacial score (nSPS) is 10.4. The standard InChI is InChI=1S/C16H22N4O/c1-12-15(13(2)19-18-12)16(21)17-10-7-11-20(3)14-8-5-4-6-9-14/h4-6,8-9H,7,10-11H2,1-3H3,(H,17,21)(H,18,19). The van der Waals surface area contributed by atoms with E-state index in [2.05, 4.69) is 39.6 Å². The number of rotatable bonds is 6. The van der Waals surface area contributed by atoms with Crippen molar-refractivity contribution in [1.82, 2.24) is 15.5 Å². The topological polar surface area (TPSA) is 61.0 Å². The van der Waals surface area contributed by atoms with Crippen LogP contribution in [0.2, 0.25) is 0 Å². The highest BCUT2D eigenvalue weighted by atomic mass is 16.1. The van der Waals surface area contributed by atoms with E-state index in [0.29, 0.717) is 12.1 Å². The summed E-state index contributed by atoms with van der Waals surface area (Å²) in [7, 11) is 2.06. The van der Waals surface area contributed by atoms with Crippen LogP contribution in [0.3, 0.4) is 0 Å². The van der Waals surface area contributed by atoms with Crippen LogP contribution in [-0.4, -0.2) is 36.2 Å². The van der Waals surface area contributed by atoms with Gasteiger partial charge in [0.2, 0.25) is 0 Å². The summed E-state index contributed by atoms with van der Waals surface area (Å²) < 4.78 is 0. The number of aromatic nitrogens is 2. The lowest BCUT2D eigenvalue weighted by atomic mass is 10.2. The largest absolute Gasteiger partial charge is 0.375 e. The van der Waals surface area contributed by atoms with Crippen LogP contribution in [0.4, 0.5) is 5.69 Å². The monoisotopic (exact) mass is 286 g/mol. The van der Waals surface area contributed by atoms with Crippen LogP contribution in [0.1, 0.15) is 28.2 Å². The SMILES string of the molecule is Cc1n[nH]c(C)c1C(=O)NCCCN(C)c1ccccc1. The maximum absolute atomic E-state index is 12.1. The van der Waals surface area contributed by atoms with Gasteiger partial charge in [-0.15, -0.1) is 0 Å². The van der Waals surface area contributed by atoms with Gasteiger partial charge in [0.05, 0.1) is 11.3 Å². The second-order valence-corrected chi connectivity index (χ2v) is 5.18. The number of amides is 1. The van der Waals surface area contributed by atoms with Gasteiger partial charge in [0.25, 0.3) is 5.91 Å². The summed E-state index contributed by atoms with van der Waals surface area (Å²) >= 11 is 0. The zero-order chi connectivity index (χ0) is 15.2. The number of hydrogen-bond acceptors (Lipinski definition) is 3. The van der Waals surface area contributed by atoms with Crippen LogP contribution in [-0.2, 0) is 0 Å². The number of aromatic amines is 1. The van der Waals surface area contributed by atoms with Crippen molar-refractivity contribution in [2.75, 3.05) is 25.0 Å². The molecule has 0 spiro atoms. The molecule has 0 aliphatic heterocycles. The molecule has 1 heterocycles. The fraction of sp³-hybridized carbons (Fsp3) is 0.375. The molecule has 1 aromatic carbocycles. The highest BCUT2D eigenvalue weighted by Crippen LogP contribution is 2.11. The Labute approximate surface area is 125 Å². The summed E-state index contributed by atoms with van der Waals surface area (Å²) in [6, 6.07) is 10.2. The van der Waals surface area contributed by atoms with Gasteiger partial charge in [0, 0.05) is 31.5 Å². The minimum Gasteiger partial charge on any atom is -0.375 e. The molecule has 21 heavy (non-hydrogen) atoms. The first-order valence-corrected chi connectivity index (χ1v) is 7.15. The minimum absolute atomic E-state index is 0.0545. The molecular formula is C16H22N4O. The van der Waals surface area contributed by atoms with Gasteiger partial charge in [0.15, 0.2) is 0 Å². The molecule has 0 bridgehead atoms. The highest BCUT2D eigenvalue weighted by molar-refractivity contribution is 5.96. The lowest BCUT2D eigenvalue weighted by molar-refractivity contribution is 0.0952. The van der Waals surface area contributed by atoms with Crippen LogP contribution < -0.4 is 10.2 Å². The number of aryl methyl sites for hydroxylation is 2. The molecule has 0 unspecified atom stereocenters. The minimum atomic E-state index is -0.0545. The second-order valence-electron chi connectivity index (χ2n) is 5.18. The van der Waals surface area contributed by atoms with E-state index in [9.17, 15) is 4.79 Å². The predicted octanol–water partition coefficient (Wildman–Crippen LogP) is 2.28. The molecular weight excluding hydrogens is 264 g/mol. The van der Waals surface area contributed by atoms with E-state index in [4.69, 9.17) is 0 Å². The lowest BCUT2D eigenvalue weighted by Crippen LogP contribution is -2.28. The number of benzene rings is 1. The second kappa shape index (κ2) is 6.92. The van der Waals surface area contributed by atoms with Gasteiger partial charge in [-0.05, 0) is 32.4 Å². The molecule has 1 amide bonds. The smallest absolute Gasteiger partial charge is 0.255 e. The van der Waals surface area contributed by atoms with Crippen molar-refractivity contribution in [3.05, 3.63) is 47.3 Å². The van der Waals surface area contributed by atoms with Crippen LogP contribution in [0.5, 0.6) is 0 Å². The Kier molecular flexibility index (Phi) is 4.98. The Morgan fingerprint density at radius 2 is 2.00 bits per heavy atom. The first-order valence-electron chi connectivity index (χ1n) is 7.15. The zero-order valence-electron chi connectivity index (χ0n) is 12.8. The molecule has 0 fully saturated rings. The summed E-state index contributed by atoms with van der Waals surface area (Å²) in [6.07, 6.45) is 0.896. The summed E-state index contributed by atoms with van der Waals surface area (Å²) in [4.78, 5) is 14.3. The summed E-state index contributed by atoms with van der Waals surface area (Å²) in [5.41, 5.74) is 3.40. The molecule has 2 N–H and O–H groups in total. The van der Waals surface area contributed by atoms with Crippen LogP contribution in [0, 0.1) is 13.8 Å². The number of anilines is 1. The Balaban J connectivity index is 1.76. The number of nitrogens with one attached hydrogen (secondary N) is 2.